The third-order valence-corrected chi connectivity index (χ3v) is 5.68. The minimum atomic E-state index is 0.447. The van der Waals surface area contributed by atoms with Crippen molar-refractivity contribution in [3.05, 3.63) is 42.1 Å². The van der Waals surface area contributed by atoms with E-state index >= 15 is 0 Å². The van der Waals surface area contributed by atoms with Gasteiger partial charge in [0.05, 0.1) is 5.52 Å². The third kappa shape index (κ3) is 3.41. The fourth-order valence-corrected chi connectivity index (χ4v) is 4.61. The molecule has 0 bridgehead atoms. The molecule has 0 amide bonds. The lowest BCUT2D eigenvalue weighted by Gasteiger charge is -2.31. The van der Waals surface area contributed by atoms with Crippen molar-refractivity contribution in [3.63, 3.8) is 0 Å². The molecule has 3 rings (SSSR count). The monoisotopic (exact) mass is 300 g/mol. The summed E-state index contributed by atoms with van der Waals surface area (Å²) in [5, 5.41) is 5.80. The molecule has 0 aliphatic carbocycles. The molecule has 0 saturated carbocycles. The Morgan fingerprint density at radius 3 is 3.05 bits per heavy atom. The van der Waals surface area contributed by atoms with Gasteiger partial charge in [-0.15, -0.1) is 0 Å². The fourth-order valence-electron chi connectivity index (χ4n) is 3.17. The fraction of sp³-hybridized carbons (Fsp3) is 0.500. The van der Waals surface area contributed by atoms with Crippen LogP contribution >= 0.6 is 11.8 Å². The largest absolute Gasteiger partial charge is 0.309 e. The van der Waals surface area contributed by atoms with E-state index in [2.05, 4.69) is 59.3 Å². The maximum absolute atomic E-state index is 4.52. The number of aromatic nitrogens is 1. The average molecular weight is 300 g/mol. The van der Waals surface area contributed by atoms with Crippen molar-refractivity contribution in [1.29, 1.82) is 0 Å². The molecule has 112 valence electrons. The van der Waals surface area contributed by atoms with Gasteiger partial charge >= 0.3 is 0 Å². The number of nitrogens with zero attached hydrogens (tertiary/aromatic N) is 1. The molecule has 1 aliphatic heterocycles. The van der Waals surface area contributed by atoms with E-state index in [9.17, 15) is 0 Å². The lowest BCUT2D eigenvalue weighted by Crippen LogP contribution is -2.32. The van der Waals surface area contributed by atoms with E-state index in [-0.39, 0.29) is 0 Å². The summed E-state index contributed by atoms with van der Waals surface area (Å²) in [6, 6.07) is 11.3. The van der Waals surface area contributed by atoms with Crippen LogP contribution in [-0.2, 0) is 0 Å². The smallest absolute Gasteiger partial charge is 0.0705 e. The number of hydrogen-bond donors (Lipinski definition) is 1. The van der Waals surface area contributed by atoms with E-state index < -0.39 is 0 Å². The van der Waals surface area contributed by atoms with Crippen LogP contribution in [0.1, 0.15) is 44.2 Å². The molecule has 0 radical (unpaired) electrons. The molecular formula is C18H24N2S. The molecule has 3 heteroatoms. The molecule has 0 spiro atoms. The van der Waals surface area contributed by atoms with Gasteiger partial charge in [0.15, 0.2) is 0 Å². The Labute approximate surface area is 131 Å². The van der Waals surface area contributed by atoms with Gasteiger partial charge in [0.2, 0.25) is 0 Å². The predicted octanol–water partition coefficient (Wildman–Crippen LogP) is 4.56. The maximum atomic E-state index is 4.52. The van der Waals surface area contributed by atoms with Crippen LogP contribution in [0.25, 0.3) is 10.9 Å². The van der Waals surface area contributed by atoms with Gasteiger partial charge in [0.1, 0.15) is 0 Å². The maximum Gasteiger partial charge on any atom is 0.0705 e. The first kappa shape index (κ1) is 14.9. The van der Waals surface area contributed by atoms with Crippen LogP contribution in [0.5, 0.6) is 0 Å². The van der Waals surface area contributed by atoms with E-state index in [4.69, 9.17) is 0 Å². The van der Waals surface area contributed by atoms with Crippen LogP contribution in [-0.4, -0.2) is 22.5 Å². The van der Waals surface area contributed by atoms with Gasteiger partial charge < -0.3 is 5.32 Å². The molecule has 21 heavy (non-hydrogen) atoms. The summed E-state index contributed by atoms with van der Waals surface area (Å²) >= 11 is 2.14. The molecule has 2 nitrogen and oxygen atoms in total. The number of nitrogens with one attached hydrogen (secondary N) is 1. The highest BCUT2D eigenvalue weighted by molar-refractivity contribution is 8.00. The summed E-state index contributed by atoms with van der Waals surface area (Å²) in [6.07, 6.45) is 7.12. The first-order valence-corrected chi connectivity index (χ1v) is 9.13. The zero-order chi connectivity index (χ0) is 14.5. The third-order valence-electron chi connectivity index (χ3n) is 4.22. The predicted molar refractivity (Wildman–Crippen MR) is 92.9 cm³/mol. The Hall–Kier alpha value is -1.06. The molecular weight excluding hydrogens is 276 g/mol. The van der Waals surface area contributed by atoms with E-state index in [0.29, 0.717) is 11.3 Å². The zero-order valence-electron chi connectivity index (χ0n) is 12.7. The van der Waals surface area contributed by atoms with Crippen molar-refractivity contribution in [2.45, 2.75) is 43.9 Å². The summed E-state index contributed by atoms with van der Waals surface area (Å²) < 4.78 is 0. The van der Waals surface area contributed by atoms with E-state index in [1.807, 2.05) is 6.20 Å². The van der Waals surface area contributed by atoms with E-state index in [0.717, 1.165) is 12.1 Å². The first-order valence-electron chi connectivity index (χ1n) is 8.09. The minimum absolute atomic E-state index is 0.447. The Bertz CT molecular complexity index is 573. The van der Waals surface area contributed by atoms with Gasteiger partial charge in [-0.3, -0.25) is 4.98 Å². The summed E-state index contributed by atoms with van der Waals surface area (Å²) in [5.74, 6) is 1.30. The number of benzene rings is 1. The van der Waals surface area contributed by atoms with Gasteiger partial charge in [0, 0.05) is 22.9 Å². The highest BCUT2D eigenvalue weighted by Crippen LogP contribution is 2.37. The second-order valence-electron chi connectivity index (χ2n) is 5.75. The van der Waals surface area contributed by atoms with Crippen LogP contribution in [0.4, 0.5) is 0 Å². The van der Waals surface area contributed by atoms with Gasteiger partial charge in [-0.2, -0.15) is 11.8 Å². The Morgan fingerprint density at radius 2 is 2.24 bits per heavy atom. The quantitative estimate of drug-likeness (QED) is 0.876. The van der Waals surface area contributed by atoms with Crippen molar-refractivity contribution in [2.75, 3.05) is 12.3 Å². The van der Waals surface area contributed by atoms with Crippen molar-refractivity contribution in [2.24, 2.45) is 0 Å². The number of fused-ring (bicyclic) bond motifs is 1. The summed E-state index contributed by atoms with van der Waals surface area (Å²) in [5.41, 5.74) is 2.53. The topological polar surface area (TPSA) is 24.9 Å². The Balaban J connectivity index is 1.96. The molecule has 2 atom stereocenters. The molecule has 1 aliphatic rings. The van der Waals surface area contributed by atoms with Crippen molar-refractivity contribution < 1.29 is 0 Å². The van der Waals surface area contributed by atoms with Crippen LogP contribution in [0.15, 0.2) is 36.5 Å². The second-order valence-corrected chi connectivity index (χ2v) is 7.10. The standard InChI is InChI=1S/C18H24N2S/c1-2-11-20-18(17-10-3-4-13-21-17)15-7-5-9-16-14(15)8-6-12-19-16/h5-9,12,17-18,20H,2-4,10-11,13H2,1H3. The number of thioether (sulfide) groups is 1. The minimum Gasteiger partial charge on any atom is -0.309 e. The highest BCUT2D eigenvalue weighted by Gasteiger charge is 2.26. The molecule has 2 heterocycles. The molecule has 2 aromatic rings. The van der Waals surface area contributed by atoms with Crippen molar-refractivity contribution >= 4 is 22.7 Å². The highest BCUT2D eigenvalue weighted by atomic mass is 32.2. The molecule has 1 aromatic carbocycles. The molecule has 1 saturated heterocycles. The Morgan fingerprint density at radius 1 is 1.29 bits per heavy atom. The van der Waals surface area contributed by atoms with Crippen molar-refractivity contribution in [1.82, 2.24) is 10.3 Å². The van der Waals surface area contributed by atoms with Crippen LogP contribution in [0, 0.1) is 0 Å². The lowest BCUT2D eigenvalue weighted by atomic mass is 9.95. The number of rotatable bonds is 5. The normalized spacial score (nSPS) is 20.5. The average Bonchev–Trinajstić information content (AvgIpc) is 2.56. The first-order chi connectivity index (χ1) is 10.4. The summed E-state index contributed by atoms with van der Waals surface area (Å²) in [7, 11) is 0. The second kappa shape index (κ2) is 7.28. The van der Waals surface area contributed by atoms with Crippen LogP contribution in [0.3, 0.4) is 0 Å². The zero-order valence-corrected chi connectivity index (χ0v) is 13.5. The van der Waals surface area contributed by atoms with E-state index in [1.165, 1.54) is 42.4 Å². The van der Waals surface area contributed by atoms with Gasteiger partial charge in [-0.1, -0.05) is 31.5 Å². The number of pyridine rings is 1. The molecule has 2 unspecified atom stereocenters. The van der Waals surface area contributed by atoms with E-state index in [1.54, 1.807) is 0 Å². The van der Waals surface area contributed by atoms with Crippen LogP contribution < -0.4 is 5.32 Å². The SMILES string of the molecule is CCCNC(c1cccc2ncccc12)C1CCCCS1. The summed E-state index contributed by atoms with van der Waals surface area (Å²) in [4.78, 5) is 4.52. The van der Waals surface area contributed by atoms with Gasteiger partial charge in [-0.05, 0) is 49.3 Å². The molecule has 1 fully saturated rings. The lowest BCUT2D eigenvalue weighted by molar-refractivity contribution is 0.481. The number of hydrogen-bond acceptors (Lipinski definition) is 3. The Kier molecular flexibility index (Phi) is 5.15. The van der Waals surface area contributed by atoms with Gasteiger partial charge in [-0.25, -0.2) is 0 Å². The van der Waals surface area contributed by atoms with Crippen LogP contribution in [0.2, 0.25) is 0 Å². The summed E-state index contributed by atoms with van der Waals surface area (Å²) in [6.45, 7) is 3.32. The van der Waals surface area contributed by atoms with Gasteiger partial charge in [0.25, 0.3) is 0 Å². The molecule has 1 N–H and O–H groups in total. The molecule has 1 aromatic heterocycles. The van der Waals surface area contributed by atoms with Crippen molar-refractivity contribution in [3.8, 4) is 0 Å².